The van der Waals surface area contributed by atoms with Gasteiger partial charge in [-0.1, -0.05) is 12.5 Å². The van der Waals surface area contributed by atoms with E-state index in [-0.39, 0.29) is 29.4 Å². The number of pyridine rings is 1. The molecule has 2 amide bonds. The predicted molar refractivity (Wildman–Crippen MR) is 99.7 cm³/mol. The summed E-state index contributed by atoms with van der Waals surface area (Å²) in [5.74, 6) is -1.24. The quantitative estimate of drug-likeness (QED) is 0.880. The number of carbonyl (C=O) groups is 2. The molecule has 0 bridgehead atoms. The number of amides is 2. The molecule has 1 aliphatic heterocycles. The van der Waals surface area contributed by atoms with Crippen LogP contribution in [0.5, 0.6) is 0 Å². The zero-order valence-electron chi connectivity index (χ0n) is 15.3. The third-order valence-electron chi connectivity index (χ3n) is 5.77. The molecular formula is C21H21F2N3O2. The number of hydrogen-bond donors (Lipinski definition) is 1. The first kappa shape index (κ1) is 18.5. The van der Waals surface area contributed by atoms with Crippen LogP contribution in [0, 0.1) is 17.0 Å². The van der Waals surface area contributed by atoms with Gasteiger partial charge in [-0.15, -0.1) is 0 Å². The monoisotopic (exact) mass is 385 g/mol. The molecule has 1 saturated heterocycles. The third-order valence-corrected chi connectivity index (χ3v) is 5.77. The Kier molecular flexibility index (Phi) is 4.83. The highest BCUT2D eigenvalue weighted by atomic mass is 19.1. The van der Waals surface area contributed by atoms with Crippen molar-refractivity contribution < 1.29 is 18.4 Å². The number of nitrogens with one attached hydrogen (secondary N) is 1. The zero-order valence-corrected chi connectivity index (χ0v) is 15.3. The average molecular weight is 385 g/mol. The molecule has 0 unspecified atom stereocenters. The first-order chi connectivity index (χ1) is 13.5. The lowest BCUT2D eigenvalue weighted by Gasteiger charge is -2.36. The van der Waals surface area contributed by atoms with Crippen molar-refractivity contribution in [2.75, 3.05) is 11.4 Å². The van der Waals surface area contributed by atoms with Crippen molar-refractivity contribution in [2.45, 2.75) is 38.1 Å². The van der Waals surface area contributed by atoms with Gasteiger partial charge in [0.25, 0.3) is 5.91 Å². The van der Waals surface area contributed by atoms with Crippen molar-refractivity contribution in [1.82, 2.24) is 10.3 Å². The van der Waals surface area contributed by atoms with E-state index in [2.05, 4.69) is 10.3 Å². The fourth-order valence-electron chi connectivity index (χ4n) is 4.39. The normalized spacial score (nSPS) is 24.6. The number of nitrogens with zero attached hydrogens (tertiary/aromatic N) is 2. The molecule has 28 heavy (non-hydrogen) atoms. The van der Waals surface area contributed by atoms with E-state index in [1.807, 2.05) is 0 Å². The van der Waals surface area contributed by atoms with Crippen molar-refractivity contribution in [3.8, 4) is 0 Å². The number of aromatic nitrogens is 1. The molecule has 2 aliphatic rings. The Morgan fingerprint density at radius 3 is 2.79 bits per heavy atom. The van der Waals surface area contributed by atoms with Crippen LogP contribution in [0.1, 0.15) is 42.6 Å². The van der Waals surface area contributed by atoms with Crippen LogP contribution in [0.4, 0.5) is 14.5 Å². The number of anilines is 1. The Morgan fingerprint density at radius 2 is 2.04 bits per heavy atom. The Hall–Kier alpha value is -2.83. The summed E-state index contributed by atoms with van der Waals surface area (Å²) in [6, 6.07) is 8.46. The number of carbonyl (C=O) groups excluding carboxylic acids is 2. The molecule has 1 aromatic heterocycles. The molecule has 1 N–H and O–H groups in total. The second-order valence-electron chi connectivity index (χ2n) is 7.60. The molecule has 7 heteroatoms. The Balaban J connectivity index is 1.46. The lowest BCUT2D eigenvalue weighted by Crippen LogP contribution is -2.46. The summed E-state index contributed by atoms with van der Waals surface area (Å²) in [4.78, 5) is 31.0. The summed E-state index contributed by atoms with van der Waals surface area (Å²) in [7, 11) is 0. The molecule has 146 valence electrons. The second kappa shape index (κ2) is 7.30. The lowest BCUT2D eigenvalue weighted by molar-refractivity contribution is -0.127. The lowest BCUT2D eigenvalue weighted by atomic mass is 9.71. The van der Waals surface area contributed by atoms with Gasteiger partial charge >= 0.3 is 0 Å². The fourth-order valence-corrected chi connectivity index (χ4v) is 4.39. The zero-order chi connectivity index (χ0) is 19.7. The molecule has 0 radical (unpaired) electrons. The fraction of sp³-hybridized carbons (Fsp3) is 0.381. The van der Waals surface area contributed by atoms with E-state index in [0.717, 1.165) is 25.5 Å². The standard InChI is InChI=1S/C21H21F2N3O2/c22-14-3-1-5-17(11-14)26-10-9-21(20(26)28)8-2-4-16(12-21)25-19(27)18-7-6-15(23)13-24-18/h1,3,5-7,11,13,16H,2,4,8-10,12H2,(H,25,27)/t16-,21-/m0/s1. The maximum absolute atomic E-state index is 13.6. The van der Waals surface area contributed by atoms with Gasteiger partial charge in [-0.05, 0) is 56.0 Å². The van der Waals surface area contributed by atoms with Crippen LogP contribution in [0.2, 0.25) is 0 Å². The van der Waals surface area contributed by atoms with Gasteiger partial charge in [0.05, 0.1) is 11.6 Å². The summed E-state index contributed by atoms with van der Waals surface area (Å²) >= 11 is 0. The van der Waals surface area contributed by atoms with E-state index in [9.17, 15) is 18.4 Å². The van der Waals surface area contributed by atoms with Gasteiger partial charge in [0.2, 0.25) is 5.91 Å². The van der Waals surface area contributed by atoms with E-state index >= 15 is 0 Å². The average Bonchev–Trinajstić information content (AvgIpc) is 2.98. The first-order valence-corrected chi connectivity index (χ1v) is 9.47. The Bertz CT molecular complexity index is 903. The highest BCUT2D eigenvalue weighted by molar-refractivity contribution is 6.00. The van der Waals surface area contributed by atoms with Crippen LogP contribution in [0.15, 0.2) is 42.6 Å². The second-order valence-corrected chi connectivity index (χ2v) is 7.60. The van der Waals surface area contributed by atoms with Crippen LogP contribution < -0.4 is 10.2 Å². The molecule has 5 nitrogen and oxygen atoms in total. The number of hydrogen-bond acceptors (Lipinski definition) is 3. The summed E-state index contributed by atoms with van der Waals surface area (Å²) in [6.07, 6.45) is 4.61. The van der Waals surface area contributed by atoms with Gasteiger partial charge in [-0.25, -0.2) is 13.8 Å². The van der Waals surface area contributed by atoms with Crippen molar-refractivity contribution >= 4 is 17.5 Å². The summed E-state index contributed by atoms with van der Waals surface area (Å²) in [5.41, 5.74) is 0.197. The summed E-state index contributed by atoms with van der Waals surface area (Å²) < 4.78 is 26.6. The molecule has 2 fully saturated rings. The van der Waals surface area contributed by atoms with Crippen LogP contribution in [0.3, 0.4) is 0 Å². The molecule has 1 aromatic carbocycles. The SMILES string of the molecule is O=C(N[C@H]1CCC[C@]2(CCN(c3cccc(F)c3)C2=O)C1)c1ccc(F)cn1. The summed E-state index contributed by atoms with van der Waals surface area (Å²) in [6.45, 7) is 0.544. The molecule has 1 saturated carbocycles. The maximum atomic E-state index is 13.6. The third kappa shape index (κ3) is 3.48. The molecular weight excluding hydrogens is 364 g/mol. The van der Waals surface area contributed by atoms with Gasteiger partial charge < -0.3 is 10.2 Å². The van der Waals surface area contributed by atoms with E-state index in [1.54, 1.807) is 17.0 Å². The molecule has 1 aliphatic carbocycles. The van der Waals surface area contributed by atoms with Crippen molar-refractivity contribution in [1.29, 1.82) is 0 Å². The Morgan fingerprint density at radius 1 is 1.18 bits per heavy atom. The highest BCUT2D eigenvalue weighted by Gasteiger charge is 2.49. The number of halogens is 2. The number of benzene rings is 1. The van der Waals surface area contributed by atoms with Crippen LogP contribution >= 0.6 is 0 Å². The van der Waals surface area contributed by atoms with Crippen molar-refractivity contribution in [3.05, 3.63) is 59.9 Å². The maximum Gasteiger partial charge on any atom is 0.270 e. The molecule has 1 spiro atoms. The molecule has 2 atom stereocenters. The van der Waals surface area contributed by atoms with Crippen molar-refractivity contribution in [3.63, 3.8) is 0 Å². The van der Waals surface area contributed by atoms with Gasteiger partial charge in [-0.2, -0.15) is 0 Å². The van der Waals surface area contributed by atoms with E-state index in [1.165, 1.54) is 24.3 Å². The minimum atomic E-state index is -0.529. The van der Waals surface area contributed by atoms with Gasteiger partial charge in [-0.3, -0.25) is 9.59 Å². The van der Waals surface area contributed by atoms with Gasteiger partial charge in [0, 0.05) is 18.3 Å². The molecule has 4 rings (SSSR count). The van der Waals surface area contributed by atoms with E-state index in [0.29, 0.717) is 25.1 Å². The van der Waals surface area contributed by atoms with E-state index < -0.39 is 11.2 Å². The van der Waals surface area contributed by atoms with E-state index in [4.69, 9.17) is 0 Å². The van der Waals surface area contributed by atoms with Crippen LogP contribution in [-0.2, 0) is 4.79 Å². The summed E-state index contributed by atoms with van der Waals surface area (Å²) in [5, 5.41) is 2.94. The predicted octanol–water partition coefficient (Wildman–Crippen LogP) is 3.46. The highest BCUT2D eigenvalue weighted by Crippen LogP contribution is 2.46. The first-order valence-electron chi connectivity index (χ1n) is 9.47. The topological polar surface area (TPSA) is 62.3 Å². The van der Waals surface area contributed by atoms with Gasteiger partial charge in [0.15, 0.2) is 0 Å². The smallest absolute Gasteiger partial charge is 0.270 e. The minimum Gasteiger partial charge on any atom is -0.348 e. The van der Waals surface area contributed by atoms with Gasteiger partial charge in [0.1, 0.15) is 17.3 Å². The molecule has 2 aromatic rings. The Labute approximate surface area is 161 Å². The molecule has 2 heterocycles. The van der Waals surface area contributed by atoms with Crippen LogP contribution in [0.25, 0.3) is 0 Å². The minimum absolute atomic E-state index is 0.00282. The van der Waals surface area contributed by atoms with Crippen molar-refractivity contribution in [2.24, 2.45) is 5.41 Å². The largest absolute Gasteiger partial charge is 0.348 e. The van der Waals surface area contributed by atoms with Crippen LogP contribution in [-0.4, -0.2) is 29.4 Å². The number of rotatable bonds is 3.